The fraction of sp³-hybridized carbons (Fsp3) is 0.556. The fourth-order valence-electron chi connectivity index (χ4n) is 1.51. The SMILES string of the molecule is Cc1nccc(N2CCNCC2)n1. The van der Waals surface area contributed by atoms with Crippen LogP contribution in [0.4, 0.5) is 5.82 Å². The van der Waals surface area contributed by atoms with Crippen LogP contribution in [0.1, 0.15) is 5.82 Å². The van der Waals surface area contributed by atoms with Crippen LogP contribution in [-0.4, -0.2) is 36.1 Å². The van der Waals surface area contributed by atoms with Gasteiger partial charge in [-0.3, -0.25) is 0 Å². The molecule has 1 N–H and O–H groups in total. The Balaban J connectivity index is 2.14. The number of piperazine rings is 1. The lowest BCUT2D eigenvalue weighted by Gasteiger charge is -2.28. The van der Waals surface area contributed by atoms with Gasteiger partial charge in [0.05, 0.1) is 0 Å². The molecule has 0 aromatic carbocycles. The normalized spacial score (nSPS) is 17.5. The average Bonchev–Trinajstić information content (AvgIpc) is 2.19. The van der Waals surface area contributed by atoms with E-state index in [1.54, 1.807) is 0 Å². The Morgan fingerprint density at radius 3 is 2.85 bits per heavy atom. The van der Waals surface area contributed by atoms with Gasteiger partial charge in [-0.2, -0.15) is 0 Å². The molecule has 1 fully saturated rings. The molecule has 1 aliphatic rings. The van der Waals surface area contributed by atoms with Gasteiger partial charge in [-0.05, 0) is 13.0 Å². The van der Waals surface area contributed by atoms with Crippen LogP contribution in [-0.2, 0) is 0 Å². The third kappa shape index (κ3) is 1.95. The topological polar surface area (TPSA) is 41.1 Å². The van der Waals surface area contributed by atoms with Gasteiger partial charge in [0.15, 0.2) is 0 Å². The summed E-state index contributed by atoms with van der Waals surface area (Å²) in [5.41, 5.74) is 0. The van der Waals surface area contributed by atoms with E-state index in [1.807, 2.05) is 19.2 Å². The Labute approximate surface area is 78.0 Å². The minimum atomic E-state index is 0.844. The summed E-state index contributed by atoms with van der Waals surface area (Å²) in [6.45, 7) is 6.09. The zero-order chi connectivity index (χ0) is 9.10. The predicted molar refractivity (Wildman–Crippen MR) is 51.9 cm³/mol. The molecular weight excluding hydrogens is 164 g/mol. The molecule has 0 atom stereocenters. The highest BCUT2D eigenvalue weighted by atomic mass is 15.2. The molecule has 0 saturated carbocycles. The second kappa shape index (κ2) is 3.70. The smallest absolute Gasteiger partial charge is 0.132 e. The van der Waals surface area contributed by atoms with Crippen LogP contribution in [0.5, 0.6) is 0 Å². The number of nitrogens with one attached hydrogen (secondary N) is 1. The number of hydrogen-bond donors (Lipinski definition) is 1. The minimum absolute atomic E-state index is 0.844. The molecule has 70 valence electrons. The summed E-state index contributed by atoms with van der Waals surface area (Å²) in [4.78, 5) is 10.7. The number of anilines is 1. The Morgan fingerprint density at radius 1 is 1.38 bits per heavy atom. The van der Waals surface area contributed by atoms with Crippen LogP contribution < -0.4 is 10.2 Å². The first kappa shape index (κ1) is 8.44. The largest absolute Gasteiger partial charge is 0.354 e. The molecule has 0 radical (unpaired) electrons. The maximum atomic E-state index is 4.38. The molecule has 13 heavy (non-hydrogen) atoms. The quantitative estimate of drug-likeness (QED) is 0.666. The molecule has 0 spiro atoms. The standard InChI is InChI=1S/C9H14N4/c1-8-11-3-2-9(12-8)13-6-4-10-5-7-13/h2-3,10H,4-7H2,1H3. The summed E-state index contributed by atoms with van der Waals surface area (Å²) in [7, 11) is 0. The van der Waals surface area contributed by atoms with Crippen molar-refractivity contribution in [1.82, 2.24) is 15.3 Å². The summed E-state index contributed by atoms with van der Waals surface area (Å²) < 4.78 is 0. The molecule has 1 saturated heterocycles. The molecule has 2 heterocycles. The summed E-state index contributed by atoms with van der Waals surface area (Å²) in [6.07, 6.45) is 1.82. The van der Waals surface area contributed by atoms with Gasteiger partial charge in [0, 0.05) is 32.4 Å². The van der Waals surface area contributed by atoms with E-state index >= 15 is 0 Å². The second-order valence-corrected chi connectivity index (χ2v) is 3.20. The third-order valence-corrected chi connectivity index (χ3v) is 2.20. The fourth-order valence-corrected chi connectivity index (χ4v) is 1.51. The first-order valence-corrected chi connectivity index (χ1v) is 4.61. The van der Waals surface area contributed by atoms with Crippen LogP contribution in [0, 0.1) is 6.92 Å². The zero-order valence-electron chi connectivity index (χ0n) is 7.82. The van der Waals surface area contributed by atoms with Gasteiger partial charge in [-0.25, -0.2) is 9.97 Å². The lowest BCUT2D eigenvalue weighted by atomic mass is 10.3. The molecule has 1 aliphatic heterocycles. The van der Waals surface area contributed by atoms with Crippen molar-refractivity contribution < 1.29 is 0 Å². The highest BCUT2D eigenvalue weighted by molar-refractivity contribution is 5.37. The first-order chi connectivity index (χ1) is 6.36. The van der Waals surface area contributed by atoms with Gasteiger partial charge < -0.3 is 10.2 Å². The number of rotatable bonds is 1. The van der Waals surface area contributed by atoms with Crippen molar-refractivity contribution in [3.05, 3.63) is 18.1 Å². The third-order valence-electron chi connectivity index (χ3n) is 2.20. The Hall–Kier alpha value is -1.16. The highest BCUT2D eigenvalue weighted by Crippen LogP contribution is 2.09. The number of aromatic nitrogens is 2. The van der Waals surface area contributed by atoms with E-state index in [0.29, 0.717) is 0 Å². The Morgan fingerprint density at radius 2 is 2.15 bits per heavy atom. The molecular formula is C9H14N4. The Kier molecular flexibility index (Phi) is 2.40. The second-order valence-electron chi connectivity index (χ2n) is 3.20. The maximum absolute atomic E-state index is 4.38. The van der Waals surface area contributed by atoms with Crippen LogP contribution in [0.25, 0.3) is 0 Å². The van der Waals surface area contributed by atoms with E-state index in [1.165, 1.54) is 0 Å². The zero-order valence-corrected chi connectivity index (χ0v) is 7.82. The molecule has 0 unspecified atom stereocenters. The lowest BCUT2D eigenvalue weighted by molar-refractivity contribution is 0.584. The summed E-state index contributed by atoms with van der Waals surface area (Å²) >= 11 is 0. The van der Waals surface area contributed by atoms with Crippen molar-refractivity contribution in [3.8, 4) is 0 Å². The number of nitrogens with zero attached hydrogens (tertiary/aromatic N) is 3. The molecule has 4 nitrogen and oxygen atoms in total. The van der Waals surface area contributed by atoms with Gasteiger partial charge in [-0.1, -0.05) is 0 Å². The first-order valence-electron chi connectivity index (χ1n) is 4.61. The van der Waals surface area contributed by atoms with E-state index in [2.05, 4.69) is 20.2 Å². The van der Waals surface area contributed by atoms with E-state index in [-0.39, 0.29) is 0 Å². The molecule has 0 amide bonds. The molecule has 1 aromatic rings. The molecule has 0 aliphatic carbocycles. The molecule has 2 rings (SSSR count). The van der Waals surface area contributed by atoms with E-state index in [0.717, 1.165) is 37.8 Å². The predicted octanol–water partition coefficient (Wildman–Crippen LogP) is 0.195. The van der Waals surface area contributed by atoms with Crippen LogP contribution in [0.2, 0.25) is 0 Å². The van der Waals surface area contributed by atoms with Gasteiger partial charge in [0.25, 0.3) is 0 Å². The number of aryl methyl sites for hydroxylation is 1. The van der Waals surface area contributed by atoms with Crippen molar-refractivity contribution in [2.75, 3.05) is 31.1 Å². The van der Waals surface area contributed by atoms with Gasteiger partial charge in [0.2, 0.25) is 0 Å². The van der Waals surface area contributed by atoms with Gasteiger partial charge in [0.1, 0.15) is 11.6 Å². The molecule has 1 aromatic heterocycles. The van der Waals surface area contributed by atoms with Crippen LogP contribution in [0.3, 0.4) is 0 Å². The van der Waals surface area contributed by atoms with Gasteiger partial charge >= 0.3 is 0 Å². The van der Waals surface area contributed by atoms with Crippen LogP contribution >= 0.6 is 0 Å². The minimum Gasteiger partial charge on any atom is -0.354 e. The van der Waals surface area contributed by atoms with Crippen molar-refractivity contribution >= 4 is 5.82 Å². The summed E-state index contributed by atoms with van der Waals surface area (Å²) in [5.74, 6) is 1.89. The Bertz CT molecular complexity index is 281. The van der Waals surface area contributed by atoms with E-state index in [4.69, 9.17) is 0 Å². The number of hydrogen-bond acceptors (Lipinski definition) is 4. The monoisotopic (exact) mass is 178 g/mol. The van der Waals surface area contributed by atoms with E-state index < -0.39 is 0 Å². The van der Waals surface area contributed by atoms with E-state index in [9.17, 15) is 0 Å². The van der Waals surface area contributed by atoms with Crippen LogP contribution in [0.15, 0.2) is 12.3 Å². The molecule has 4 heteroatoms. The van der Waals surface area contributed by atoms with Crippen molar-refractivity contribution in [3.63, 3.8) is 0 Å². The summed E-state index contributed by atoms with van der Waals surface area (Å²) in [5, 5.41) is 3.31. The lowest BCUT2D eigenvalue weighted by Crippen LogP contribution is -2.43. The highest BCUT2D eigenvalue weighted by Gasteiger charge is 2.10. The van der Waals surface area contributed by atoms with Crippen molar-refractivity contribution in [1.29, 1.82) is 0 Å². The van der Waals surface area contributed by atoms with Gasteiger partial charge in [-0.15, -0.1) is 0 Å². The summed E-state index contributed by atoms with van der Waals surface area (Å²) in [6, 6.07) is 1.97. The van der Waals surface area contributed by atoms with Crippen molar-refractivity contribution in [2.45, 2.75) is 6.92 Å². The molecule has 0 bridgehead atoms. The average molecular weight is 178 g/mol. The van der Waals surface area contributed by atoms with Crippen molar-refractivity contribution in [2.24, 2.45) is 0 Å². The maximum Gasteiger partial charge on any atom is 0.132 e.